The third kappa shape index (κ3) is 6.73. The summed E-state index contributed by atoms with van der Waals surface area (Å²) >= 11 is 0. The SMILES string of the molecule is Cc1ccc(/C=C(/Cc2ccccc2)[N+](=O)[O-])cncc(CNC(=O)c2cc(=O)n3ccccc3n2)[nH]1. The normalized spacial score (nSPS) is 11.1. The molecule has 0 unspecified atom stereocenters. The van der Waals surface area contributed by atoms with Crippen molar-refractivity contribution in [2.24, 2.45) is 0 Å². The van der Waals surface area contributed by atoms with Gasteiger partial charge in [-0.05, 0) is 36.2 Å². The molecule has 0 spiro atoms. The number of benzene rings is 1. The predicted octanol–water partition coefficient (Wildman–Crippen LogP) is 3.64. The van der Waals surface area contributed by atoms with E-state index >= 15 is 0 Å². The molecule has 0 aliphatic carbocycles. The van der Waals surface area contributed by atoms with Crippen LogP contribution in [0.4, 0.5) is 0 Å². The molecule has 0 radical (unpaired) electrons. The Hall–Kier alpha value is -5.12. The van der Waals surface area contributed by atoms with Gasteiger partial charge in [0, 0.05) is 36.4 Å². The molecule has 0 aliphatic rings. The Balaban J connectivity index is 1.54. The third-order valence-corrected chi connectivity index (χ3v) is 5.38. The van der Waals surface area contributed by atoms with Crippen LogP contribution in [0.5, 0.6) is 0 Å². The van der Waals surface area contributed by atoms with Crippen LogP contribution in [0.25, 0.3) is 11.7 Å². The number of rotatable bonds is 7. The van der Waals surface area contributed by atoms with Gasteiger partial charge in [-0.15, -0.1) is 0 Å². The van der Waals surface area contributed by atoms with Crippen LogP contribution in [-0.4, -0.2) is 30.2 Å². The van der Waals surface area contributed by atoms with Gasteiger partial charge in [0.1, 0.15) is 11.3 Å². The molecule has 4 rings (SSSR count). The summed E-state index contributed by atoms with van der Waals surface area (Å²) in [7, 11) is 0. The smallest absolute Gasteiger partial charge is 0.270 e. The van der Waals surface area contributed by atoms with Crippen molar-refractivity contribution in [2.75, 3.05) is 0 Å². The molecular weight excluding hydrogens is 472 g/mol. The summed E-state index contributed by atoms with van der Waals surface area (Å²) in [5.74, 6) is -0.505. The molecule has 37 heavy (non-hydrogen) atoms. The van der Waals surface area contributed by atoms with Crippen LogP contribution in [0.2, 0.25) is 0 Å². The minimum atomic E-state index is -0.505. The molecule has 4 aromatic rings. The number of amides is 1. The number of nitrogens with zero attached hydrogens (tertiary/aromatic N) is 4. The second kappa shape index (κ2) is 11.5. The molecule has 0 saturated carbocycles. The average Bonchev–Trinajstić information content (AvgIpc) is 2.98. The van der Waals surface area contributed by atoms with Crippen molar-refractivity contribution in [1.29, 1.82) is 0 Å². The fourth-order valence-electron chi connectivity index (χ4n) is 3.58. The van der Waals surface area contributed by atoms with Crippen LogP contribution in [0.3, 0.4) is 0 Å². The lowest BCUT2D eigenvalue weighted by molar-refractivity contribution is -0.425. The van der Waals surface area contributed by atoms with Gasteiger partial charge in [-0.2, -0.15) is 0 Å². The molecule has 0 atom stereocenters. The zero-order valence-electron chi connectivity index (χ0n) is 20.0. The van der Waals surface area contributed by atoms with E-state index in [-0.39, 0.29) is 29.9 Å². The van der Waals surface area contributed by atoms with Gasteiger partial charge in [0.15, 0.2) is 0 Å². The monoisotopic (exact) mass is 496 g/mol. The number of aromatic nitrogens is 4. The number of H-pyrrole nitrogens is 1. The van der Waals surface area contributed by atoms with Crippen LogP contribution in [0, 0.1) is 17.0 Å². The van der Waals surface area contributed by atoms with E-state index in [1.165, 1.54) is 28.9 Å². The molecule has 1 aromatic carbocycles. The van der Waals surface area contributed by atoms with Crippen LogP contribution in [-0.2, 0) is 13.0 Å². The fourth-order valence-corrected chi connectivity index (χ4v) is 3.58. The lowest BCUT2D eigenvalue weighted by Gasteiger charge is -2.06. The van der Waals surface area contributed by atoms with E-state index < -0.39 is 10.8 Å². The van der Waals surface area contributed by atoms with E-state index in [2.05, 4.69) is 20.3 Å². The average molecular weight is 497 g/mol. The highest BCUT2D eigenvalue weighted by Gasteiger charge is 2.12. The number of nitrogens with one attached hydrogen (secondary N) is 2. The van der Waals surface area contributed by atoms with Gasteiger partial charge >= 0.3 is 0 Å². The number of carbonyl (C=O) groups excluding carboxylic acids is 1. The number of allylic oxidation sites excluding steroid dienone is 1. The van der Waals surface area contributed by atoms with Crippen molar-refractivity contribution >= 4 is 17.6 Å². The topological polar surface area (TPSA) is 135 Å². The lowest BCUT2D eigenvalue weighted by atomic mass is 10.1. The Kier molecular flexibility index (Phi) is 7.79. The van der Waals surface area contributed by atoms with Crippen molar-refractivity contribution in [3.05, 3.63) is 140 Å². The molecule has 3 heterocycles. The maximum Gasteiger partial charge on any atom is 0.270 e. The summed E-state index contributed by atoms with van der Waals surface area (Å²) in [6.07, 6.45) is 6.29. The second-order valence-corrected chi connectivity index (χ2v) is 8.22. The fraction of sp³-hybridized carbons (Fsp3) is 0.111. The molecule has 0 aliphatic heterocycles. The van der Waals surface area contributed by atoms with Gasteiger partial charge in [-0.1, -0.05) is 42.5 Å². The molecule has 0 bridgehead atoms. The highest BCUT2D eigenvalue weighted by atomic mass is 16.6. The predicted molar refractivity (Wildman–Crippen MR) is 139 cm³/mol. The minimum Gasteiger partial charge on any atom is -0.360 e. The van der Waals surface area contributed by atoms with E-state index in [0.717, 1.165) is 11.3 Å². The first-order chi connectivity index (χ1) is 17.9. The Bertz CT molecular complexity index is 1590. The summed E-state index contributed by atoms with van der Waals surface area (Å²) in [5, 5.41) is 14.4. The number of pyridine rings is 1. The third-order valence-electron chi connectivity index (χ3n) is 5.38. The molecule has 0 saturated heterocycles. The number of fused-ring (bicyclic) bond motifs is 1. The minimum absolute atomic E-state index is 0.00967. The van der Waals surface area contributed by atoms with Crippen LogP contribution < -0.4 is 10.9 Å². The Morgan fingerprint density at radius 1 is 1.11 bits per heavy atom. The first-order valence-corrected chi connectivity index (χ1v) is 11.4. The summed E-state index contributed by atoms with van der Waals surface area (Å²) in [6.45, 7) is 1.92. The van der Waals surface area contributed by atoms with E-state index in [4.69, 9.17) is 0 Å². The molecule has 10 heteroatoms. The van der Waals surface area contributed by atoms with Crippen molar-refractivity contribution in [3.63, 3.8) is 0 Å². The highest BCUT2D eigenvalue weighted by Crippen LogP contribution is 2.12. The summed E-state index contributed by atoms with van der Waals surface area (Å²) in [4.78, 5) is 47.8. The van der Waals surface area contributed by atoms with E-state index in [1.807, 2.05) is 37.3 Å². The first kappa shape index (κ1) is 25.0. The number of aryl methyl sites for hydroxylation is 1. The summed E-state index contributed by atoms with van der Waals surface area (Å²) < 4.78 is 1.35. The first-order valence-electron chi connectivity index (χ1n) is 11.4. The number of carbonyl (C=O) groups is 1. The summed E-state index contributed by atoms with van der Waals surface area (Å²) in [6, 6.07) is 19.0. The van der Waals surface area contributed by atoms with Gasteiger partial charge in [0.25, 0.3) is 17.2 Å². The van der Waals surface area contributed by atoms with E-state index in [9.17, 15) is 19.7 Å². The van der Waals surface area contributed by atoms with Crippen LogP contribution in [0.15, 0.2) is 95.8 Å². The quantitative estimate of drug-likeness (QED) is 0.296. The maximum atomic E-state index is 12.7. The Labute approximate surface area is 211 Å². The number of nitro groups is 1. The Morgan fingerprint density at radius 3 is 2.68 bits per heavy atom. The number of hydrogen-bond donors (Lipinski definition) is 2. The van der Waals surface area contributed by atoms with E-state index in [1.54, 1.807) is 36.5 Å². The summed E-state index contributed by atoms with van der Waals surface area (Å²) in [5.41, 5.74) is 2.76. The van der Waals surface area contributed by atoms with Crippen molar-refractivity contribution in [3.8, 4) is 0 Å². The van der Waals surface area contributed by atoms with Crippen LogP contribution >= 0.6 is 0 Å². The van der Waals surface area contributed by atoms with Crippen LogP contribution in [0.1, 0.15) is 33.0 Å². The Morgan fingerprint density at radius 2 is 1.89 bits per heavy atom. The van der Waals surface area contributed by atoms with Gasteiger partial charge in [-0.3, -0.25) is 29.1 Å². The zero-order chi connectivity index (χ0) is 26.2. The van der Waals surface area contributed by atoms with Crippen molar-refractivity contribution in [1.82, 2.24) is 24.7 Å². The molecular formula is C27H24N6O4. The molecule has 0 fully saturated rings. The van der Waals surface area contributed by atoms with Gasteiger partial charge in [-0.25, -0.2) is 4.98 Å². The van der Waals surface area contributed by atoms with Crippen molar-refractivity contribution in [2.45, 2.75) is 19.9 Å². The van der Waals surface area contributed by atoms with E-state index in [0.29, 0.717) is 16.9 Å². The molecule has 2 N–H and O–H groups in total. The second-order valence-electron chi connectivity index (χ2n) is 8.22. The number of hydrogen-bond acceptors (Lipinski definition) is 6. The zero-order valence-corrected chi connectivity index (χ0v) is 20.0. The molecule has 3 aromatic heterocycles. The van der Waals surface area contributed by atoms with Gasteiger partial charge < -0.3 is 10.3 Å². The molecule has 186 valence electrons. The molecule has 10 nitrogen and oxygen atoms in total. The molecule has 1 amide bonds. The van der Waals surface area contributed by atoms with Gasteiger partial charge in [0.05, 0.1) is 23.6 Å². The number of aromatic amines is 1. The standard InChI is InChI=1S/C27H24N6O4/c1-19-10-11-21(14-23(33(36)37)13-20-7-3-2-4-8-20)16-28-17-22(30-19)18-29-27(35)24-15-26(34)32-12-6-5-9-25(32)31-24/h2-12,14-17,30H,13,18H2,1H3,(H,29,35)/b19-10?,21-11?,22-17?,23-14-,28-16?. The lowest BCUT2D eigenvalue weighted by Crippen LogP contribution is -2.27. The van der Waals surface area contributed by atoms with Crippen molar-refractivity contribution < 1.29 is 9.72 Å². The largest absolute Gasteiger partial charge is 0.360 e. The maximum absolute atomic E-state index is 12.7. The van der Waals surface area contributed by atoms with Gasteiger partial charge in [0.2, 0.25) is 0 Å². The highest BCUT2D eigenvalue weighted by molar-refractivity contribution is 5.92.